The van der Waals surface area contributed by atoms with Crippen LogP contribution in [0, 0.1) is 0 Å². The van der Waals surface area contributed by atoms with Gasteiger partial charge in [0.2, 0.25) is 0 Å². The van der Waals surface area contributed by atoms with E-state index in [0.717, 1.165) is 89.8 Å². The maximum Gasteiger partial charge on any atom is 0.264 e. The molecular formula is C74H66BN3S. The topological polar surface area (TPSA) is 9.72 Å². The fourth-order valence-electron chi connectivity index (χ4n) is 11.7. The quantitative estimate of drug-likeness (QED) is 0.140. The first-order valence-corrected chi connectivity index (χ1v) is 28.3. The fraction of sp³-hybridized carbons (Fsp3) is 0.162. The second-order valence-corrected chi connectivity index (χ2v) is 25.4. The van der Waals surface area contributed by atoms with Crippen LogP contribution < -0.4 is 30.4 Å². The van der Waals surface area contributed by atoms with Crippen molar-refractivity contribution >= 4 is 95.0 Å². The molecule has 79 heavy (non-hydrogen) atoms. The first-order chi connectivity index (χ1) is 40.1. The molecule has 3 nitrogen and oxygen atoms in total. The van der Waals surface area contributed by atoms with Crippen molar-refractivity contribution in [1.82, 2.24) is 0 Å². The van der Waals surface area contributed by atoms with Crippen LogP contribution in [0.2, 0.25) is 0 Å². The van der Waals surface area contributed by atoms with Gasteiger partial charge in [0, 0.05) is 60.4 Å². The lowest BCUT2D eigenvalue weighted by molar-refractivity contribution is 0.590. The van der Waals surface area contributed by atoms with E-state index in [-0.39, 0.29) is 52.7 Å². The number of anilines is 9. The number of benzene rings is 10. The minimum atomic E-state index is -0.426. The van der Waals surface area contributed by atoms with E-state index in [9.17, 15) is 2.74 Å². The summed E-state index contributed by atoms with van der Waals surface area (Å²) < 4.78 is 48.3. The summed E-state index contributed by atoms with van der Waals surface area (Å²) in [4.78, 5) is 7.11. The third-order valence-corrected chi connectivity index (χ3v) is 17.2. The van der Waals surface area contributed by atoms with E-state index in [1.54, 1.807) is 0 Å². The minimum Gasteiger partial charge on any atom is -0.311 e. The normalized spacial score (nSPS) is 13.9. The zero-order chi connectivity index (χ0) is 58.7. The molecule has 0 fully saturated rings. The molecule has 0 radical (unpaired) electrons. The number of hydrogen-bond donors (Lipinski definition) is 0. The third-order valence-electron chi connectivity index (χ3n) is 16.0. The molecule has 0 bridgehead atoms. The molecule has 2 aliphatic rings. The van der Waals surface area contributed by atoms with Crippen LogP contribution in [0.4, 0.5) is 51.2 Å². The van der Waals surface area contributed by atoms with Crippen molar-refractivity contribution < 1.29 is 6.85 Å². The van der Waals surface area contributed by atoms with Gasteiger partial charge >= 0.3 is 0 Å². The predicted octanol–water partition coefficient (Wildman–Crippen LogP) is 19.3. The van der Waals surface area contributed by atoms with Gasteiger partial charge in [-0.1, -0.05) is 214 Å². The molecule has 10 aromatic carbocycles. The number of nitrogens with zero attached hydrogens (tertiary/aromatic N) is 3. The van der Waals surface area contributed by atoms with E-state index < -0.39 is 6.04 Å². The molecule has 0 atom stereocenters. The highest BCUT2D eigenvalue weighted by molar-refractivity contribution is 7.33. The van der Waals surface area contributed by atoms with Crippen molar-refractivity contribution in [3.05, 3.63) is 253 Å². The van der Waals surface area contributed by atoms with Crippen LogP contribution in [-0.4, -0.2) is 6.71 Å². The molecule has 13 rings (SSSR count). The van der Waals surface area contributed by atoms with E-state index in [1.165, 1.54) is 26.2 Å². The molecule has 2 aliphatic heterocycles. The number of rotatable bonds is 8. The Morgan fingerprint density at radius 3 is 1.39 bits per heavy atom. The lowest BCUT2D eigenvalue weighted by Gasteiger charge is -2.44. The number of thiophene rings is 1. The van der Waals surface area contributed by atoms with E-state index in [0.29, 0.717) is 5.56 Å². The Balaban J connectivity index is 1.14. The van der Waals surface area contributed by atoms with Gasteiger partial charge < -0.3 is 14.7 Å². The predicted molar refractivity (Wildman–Crippen MR) is 343 cm³/mol. The van der Waals surface area contributed by atoms with E-state index in [4.69, 9.17) is 4.11 Å². The number of hydrogen-bond acceptors (Lipinski definition) is 4. The Kier molecular flexibility index (Phi) is 10.8. The van der Waals surface area contributed by atoms with Crippen molar-refractivity contribution in [2.75, 3.05) is 14.7 Å². The summed E-state index contributed by atoms with van der Waals surface area (Å²) in [5.41, 5.74) is 19.4. The molecule has 3 heterocycles. The summed E-state index contributed by atoms with van der Waals surface area (Å²) in [7, 11) is 0. The van der Waals surface area contributed by atoms with Gasteiger partial charge in [0.05, 0.1) is 12.5 Å². The third kappa shape index (κ3) is 9.04. The van der Waals surface area contributed by atoms with Gasteiger partial charge in [-0.3, -0.25) is 0 Å². The molecule has 11 aromatic rings. The van der Waals surface area contributed by atoms with Crippen LogP contribution in [0.5, 0.6) is 0 Å². The van der Waals surface area contributed by atoms with Crippen LogP contribution in [-0.2, 0) is 16.2 Å². The zero-order valence-corrected chi connectivity index (χ0v) is 47.3. The summed E-state index contributed by atoms with van der Waals surface area (Å²) in [6.45, 7) is 20.0. The van der Waals surface area contributed by atoms with Crippen LogP contribution in [0.1, 0.15) is 85.9 Å². The SMILES string of the molecule is [2H]c1c([2H])c([2H])c(-c2cc3c4c(c2)N(c2ccc(-c5ccccc5)cc2)c2c(sc5ccc(C(C)(C)C)cc25)B4c2ccc(N(c4ccc(C(C)(C)C)cc4)c4ccc(C(C)(C)C)cc4)cc2N3c2ccc(-c3ccccc3)cc2)c([2H])c1[2H]. The molecule has 0 aliphatic carbocycles. The Morgan fingerprint density at radius 2 is 0.873 bits per heavy atom. The molecule has 0 N–H and O–H groups in total. The van der Waals surface area contributed by atoms with Gasteiger partial charge in [-0.25, -0.2) is 0 Å². The monoisotopic (exact) mass is 1040 g/mol. The van der Waals surface area contributed by atoms with Crippen molar-refractivity contribution in [3.8, 4) is 33.4 Å². The average Bonchev–Trinajstić information content (AvgIpc) is 1.24. The average molecular weight is 1050 g/mol. The summed E-state index contributed by atoms with van der Waals surface area (Å²) in [6.07, 6.45) is 0. The Bertz CT molecular complexity index is 4270. The highest BCUT2D eigenvalue weighted by Gasteiger charge is 2.46. The Hall–Kier alpha value is -8.38. The van der Waals surface area contributed by atoms with Gasteiger partial charge in [-0.15, -0.1) is 11.3 Å². The van der Waals surface area contributed by atoms with E-state index >= 15 is 0 Å². The van der Waals surface area contributed by atoms with Gasteiger partial charge in [0.25, 0.3) is 6.71 Å². The Labute approximate surface area is 479 Å². The lowest BCUT2D eigenvalue weighted by Crippen LogP contribution is -2.60. The van der Waals surface area contributed by atoms with E-state index in [1.807, 2.05) is 23.5 Å². The molecule has 0 unspecified atom stereocenters. The largest absolute Gasteiger partial charge is 0.311 e. The van der Waals surface area contributed by atoms with Crippen LogP contribution in [0.25, 0.3) is 43.5 Å². The Morgan fingerprint density at radius 1 is 0.405 bits per heavy atom. The van der Waals surface area contributed by atoms with Gasteiger partial charge in [-0.2, -0.15) is 0 Å². The van der Waals surface area contributed by atoms with Crippen LogP contribution >= 0.6 is 11.3 Å². The van der Waals surface area contributed by atoms with Gasteiger partial charge in [-0.05, 0) is 162 Å². The van der Waals surface area contributed by atoms with Gasteiger partial charge in [0.15, 0.2) is 0 Å². The minimum absolute atomic E-state index is 0.0404. The second kappa shape index (κ2) is 19.2. The second-order valence-electron chi connectivity index (χ2n) is 24.3. The lowest BCUT2D eigenvalue weighted by atomic mass is 9.36. The molecule has 0 amide bonds. The molecule has 1 aromatic heterocycles. The highest BCUT2D eigenvalue weighted by Crippen LogP contribution is 2.51. The number of fused-ring (bicyclic) bond motifs is 6. The van der Waals surface area contributed by atoms with Crippen molar-refractivity contribution in [2.45, 2.75) is 78.6 Å². The van der Waals surface area contributed by atoms with E-state index in [2.05, 4.69) is 271 Å². The van der Waals surface area contributed by atoms with Crippen molar-refractivity contribution in [1.29, 1.82) is 0 Å². The molecule has 0 saturated carbocycles. The highest BCUT2D eigenvalue weighted by atomic mass is 32.1. The summed E-state index contributed by atoms with van der Waals surface area (Å²) in [5, 5.41) is 1.13. The maximum absolute atomic E-state index is 9.56. The first kappa shape index (κ1) is 44.6. The standard InChI is InChI=1S/C74H66BN3S/c1-72(2,3)55-29-38-58(39-30-55)76(59-40-31-56(32-41-59)73(4,5)6)62-42-43-64-65(48-62)77(60-34-25-52(26-35-60)49-19-13-10-14-20-49)66-45-54(51-23-17-12-18-24-51)46-67-69(66)75(64)71-70(63-47-57(74(7,8)9)33-44-68(63)79-71)78(67)61-36-27-53(28-37-61)50-21-15-11-16-22-50/h10-48H,1-9H3/i12D,17D,18D,23D,24D. The van der Waals surface area contributed by atoms with Crippen molar-refractivity contribution in [2.24, 2.45) is 0 Å². The smallest absolute Gasteiger partial charge is 0.264 e. The van der Waals surface area contributed by atoms with Crippen molar-refractivity contribution in [3.63, 3.8) is 0 Å². The van der Waals surface area contributed by atoms with Crippen LogP contribution in [0.3, 0.4) is 0 Å². The summed E-state index contributed by atoms with van der Waals surface area (Å²) in [6, 6.07) is 72.8. The van der Waals surface area contributed by atoms with Gasteiger partial charge in [0.1, 0.15) is 0 Å². The molecule has 0 spiro atoms. The van der Waals surface area contributed by atoms with Crippen LogP contribution in [0.15, 0.2) is 236 Å². The fourth-order valence-corrected chi connectivity index (χ4v) is 13.0. The zero-order valence-electron chi connectivity index (χ0n) is 51.5. The first-order valence-electron chi connectivity index (χ1n) is 30.0. The molecular weight excluding hydrogens is 974 g/mol. The maximum atomic E-state index is 9.56. The summed E-state index contributed by atoms with van der Waals surface area (Å²) in [5.74, 6) is 0. The summed E-state index contributed by atoms with van der Waals surface area (Å²) >= 11 is 1.84. The molecule has 0 saturated heterocycles. The molecule has 5 heteroatoms. The molecule has 386 valence electrons.